The van der Waals surface area contributed by atoms with E-state index in [1.54, 1.807) is 33.5 Å². The van der Waals surface area contributed by atoms with Crippen LogP contribution in [0, 0.1) is 0 Å². The summed E-state index contributed by atoms with van der Waals surface area (Å²) in [6.45, 7) is 3.80. The Kier molecular flexibility index (Phi) is 5.09. The van der Waals surface area contributed by atoms with Gasteiger partial charge in [0.1, 0.15) is 11.9 Å². The molecule has 0 spiro atoms. The van der Waals surface area contributed by atoms with E-state index in [0.29, 0.717) is 23.0 Å². The van der Waals surface area contributed by atoms with E-state index in [-0.39, 0.29) is 12.1 Å². The maximum Gasteiger partial charge on any atom is 0.203 e. The van der Waals surface area contributed by atoms with Crippen LogP contribution in [-0.2, 0) is 0 Å². The Balaban J connectivity index is 3.07. The molecule has 0 aliphatic carbocycles. The highest BCUT2D eigenvalue weighted by molar-refractivity contribution is 5.55. The van der Waals surface area contributed by atoms with E-state index in [9.17, 15) is 0 Å². The molecule has 2 atom stereocenters. The fraction of sp³-hybridized carbons (Fsp3) is 0.538. The summed E-state index contributed by atoms with van der Waals surface area (Å²) in [6.07, 6.45) is -0.104. The predicted octanol–water partition coefficient (Wildman–Crippen LogP) is 1.83. The van der Waals surface area contributed by atoms with E-state index in [0.717, 1.165) is 0 Å². The first-order valence-electron chi connectivity index (χ1n) is 5.75. The van der Waals surface area contributed by atoms with Crippen molar-refractivity contribution in [3.63, 3.8) is 0 Å². The normalized spacial score (nSPS) is 13.7. The third-order valence-corrected chi connectivity index (χ3v) is 2.70. The van der Waals surface area contributed by atoms with Crippen molar-refractivity contribution in [2.75, 3.05) is 21.3 Å². The van der Waals surface area contributed by atoms with Gasteiger partial charge >= 0.3 is 0 Å². The molecule has 2 unspecified atom stereocenters. The van der Waals surface area contributed by atoms with Crippen LogP contribution < -0.4 is 24.7 Å². The minimum Gasteiger partial charge on any atom is -0.493 e. The zero-order valence-corrected chi connectivity index (χ0v) is 11.5. The first kappa shape index (κ1) is 14.4. The van der Waals surface area contributed by atoms with Crippen molar-refractivity contribution in [1.29, 1.82) is 0 Å². The van der Waals surface area contributed by atoms with Crippen LogP contribution in [0.5, 0.6) is 23.0 Å². The van der Waals surface area contributed by atoms with Gasteiger partial charge in [-0.05, 0) is 13.8 Å². The molecule has 1 rings (SSSR count). The molecule has 0 bridgehead atoms. The minimum atomic E-state index is -0.104. The summed E-state index contributed by atoms with van der Waals surface area (Å²) in [6, 6.07) is 3.43. The maximum atomic E-state index is 5.77. The second kappa shape index (κ2) is 6.35. The lowest BCUT2D eigenvalue weighted by molar-refractivity contribution is 0.194. The Morgan fingerprint density at radius 1 is 0.944 bits per heavy atom. The quantitative estimate of drug-likeness (QED) is 0.840. The van der Waals surface area contributed by atoms with Crippen molar-refractivity contribution in [3.05, 3.63) is 12.1 Å². The number of rotatable bonds is 6. The van der Waals surface area contributed by atoms with Gasteiger partial charge in [0.25, 0.3) is 0 Å². The number of hydrogen-bond donors (Lipinski definition) is 1. The van der Waals surface area contributed by atoms with Gasteiger partial charge in [0.15, 0.2) is 11.5 Å². The van der Waals surface area contributed by atoms with E-state index in [1.165, 1.54) is 0 Å². The molecule has 102 valence electrons. The number of nitrogens with two attached hydrogens (primary N) is 1. The van der Waals surface area contributed by atoms with Gasteiger partial charge in [-0.25, -0.2) is 0 Å². The van der Waals surface area contributed by atoms with E-state index in [4.69, 9.17) is 24.7 Å². The van der Waals surface area contributed by atoms with Gasteiger partial charge in [-0.2, -0.15) is 0 Å². The molecule has 0 radical (unpaired) electrons. The molecule has 0 saturated heterocycles. The van der Waals surface area contributed by atoms with Crippen molar-refractivity contribution in [2.24, 2.45) is 5.73 Å². The van der Waals surface area contributed by atoms with Gasteiger partial charge in [-0.1, -0.05) is 0 Å². The lowest BCUT2D eigenvalue weighted by Gasteiger charge is -2.20. The molecule has 0 amide bonds. The fourth-order valence-corrected chi connectivity index (χ4v) is 1.45. The Labute approximate surface area is 108 Å². The fourth-order valence-electron chi connectivity index (χ4n) is 1.45. The smallest absolute Gasteiger partial charge is 0.203 e. The van der Waals surface area contributed by atoms with Crippen LogP contribution in [0.3, 0.4) is 0 Å². The zero-order valence-electron chi connectivity index (χ0n) is 11.5. The summed E-state index contributed by atoms with van der Waals surface area (Å²) in [5.41, 5.74) is 5.77. The third kappa shape index (κ3) is 3.20. The van der Waals surface area contributed by atoms with Crippen molar-refractivity contribution in [3.8, 4) is 23.0 Å². The first-order chi connectivity index (χ1) is 8.53. The van der Waals surface area contributed by atoms with Crippen molar-refractivity contribution in [2.45, 2.75) is 26.0 Å². The molecule has 0 heterocycles. The Morgan fingerprint density at radius 3 is 1.78 bits per heavy atom. The number of hydrogen-bond acceptors (Lipinski definition) is 5. The van der Waals surface area contributed by atoms with Crippen LogP contribution in [0.4, 0.5) is 0 Å². The molecule has 0 aliphatic rings. The number of methoxy groups -OCH3 is 3. The van der Waals surface area contributed by atoms with Crippen LogP contribution in [-0.4, -0.2) is 33.5 Å². The lowest BCUT2D eigenvalue weighted by atomic mass is 10.2. The van der Waals surface area contributed by atoms with E-state index in [1.807, 2.05) is 13.8 Å². The molecular formula is C13H21NO4. The van der Waals surface area contributed by atoms with Gasteiger partial charge in [0, 0.05) is 18.2 Å². The van der Waals surface area contributed by atoms with Gasteiger partial charge in [-0.3, -0.25) is 0 Å². The molecule has 5 heteroatoms. The number of benzene rings is 1. The summed E-state index contributed by atoms with van der Waals surface area (Å²) in [5, 5.41) is 0. The highest BCUT2D eigenvalue weighted by atomic mass is 16.5. The second-order valence-electron chi connectivity index (χ2n) is 4.04. The van der Waals surface area contributed by atoms with Crippen LogP contribution >= 0.6 is 0 Å². The van der Waals surface area contributed by atoms with Crippen molar-refractivity contribution < 1.29 is 18.9 Å². The van der Waals surface area contributed by atoms with Gasteiger partial charge in [0.2, 0.25) is 5.75 Å². The molecule has 0 aromatic heterocycles. The molecule has 1 aromatic carbocycles. The molecule has 1 aromatic rings. The van der Waals surface area contributed by atoms with Gasteiger partial charge in [-0.15, -0.1) is 0 Å². The SMILES string of the molecule is COc1cc(OC(C)C(C)N)cc(OC)c1OC. The van der Waals surface area contributed by atoms with Gasteiger partial charge in [0.05, 0.1) is 21.3 Å². The highest BCUT2D eigenvalue weighted by Crippen LogP contribution is 2.41. The maximum absolute atomic E-state index is 5.77. The topological polar surface area (TPSA) is 62.9 Å². The minimum absolute atomic E-state index is 0.0657. The van der Waals surface area contributed by atoms with E-state index < -0.39 is 0 Å². The van der Waals surface area contributed by atoms with Crippen LogP contribution in [0.15, 0.2) is 12.1 Å². The van der Waals surface area contributed by atoms with Crippen LogP contribution in [0.1, 0.15) is 13.8 Å². The average molecular weight is 255 g/mol. The van der Waals surface area contributed by atoms with Crippen molar-refractivity contribution >= 4 is 0 Å². The third-order valence-electron chi connectivity index (χ3n) is 2.70. The number of ether oxygens (including phenoxy) is 4. The second-order valence-corrected chi connectivity index (χ2v) is 4.04. The Bertz CT molecular complexity index is 368. The molecule has 0 saturated carbocycles. The van der Waals surface area contributed by atoms with Gasteiger partial charge < -0.3 is 24.7 Å². The standard InChI is InChI=1S/C13H21NO4/c1-8(14)9(2)18-10-6-11(15-3)13(17-5)12(7-10)16-4/h6-9H,14H2,1-5H3. The molecule has 0 fully saturated rings. The average Bonchev–Trinajstić information content (AvgIpc) is 2.37. The van der Waals surface area contributed by atoms with E-state index in [2.05, 4.69) is 0 Å². The first-order valence-corrected chi connectivity index (χ1v) is 5.75. The summed E-state index contributed by atoms with van der Waals surface area (Å²) >= 11 is 0. The van der Waals surface area contributed by atoms with E-state index >= 15 is 0 Å². The van der Waals surface area contributed by atoms with Crippen LogP contribution in [0.25, 0.3) is 0 Å². The van der Waals surface area contributed by atoms with Crippen LogP contribution in [0.2, 0.25) is 0 Å². The molecule has 0 aliphatic heterocycles. The Morgan fingerprint density at radius 2 is 1.44 bits per heavy atom. The molecule has 5 nitrogen and oxygen atoms in total. The Hall–Kier alpha value is -1.62. The largest absolute Gasteiger partial charge is 0.493 e. The summed E-state index contributed by atoms with van der Waals surface area (Å²) in [4.78, 5) is 0. The highest BCUT2D eigenvalue weighted by Gasteiger charge is 2.16. The van der Waals surface area contributed by atoms with Crippen molar-refractivity contribution in [1.82, 2.24) is 0 Å². The summed E-state index contributed by atoms with van der Waals surface area (Å²) in [5.74, 6) is 2.29. The summed E-state index contributed by atoms with van der Waals surface area (Å²) in [7, 11) is 4.69. The monoisotopic (exact) mass is 255 g/mol. The lowest BCUT2D eigenvalue weighted by Crippen LogP contribution is -2.33. The molecular weight excluding hydrogens is 234 g/mol. The molecule has 18 heavy (non-hydrogen) atoms. The zero-order chi connectivity index (χ0) is 13.7. The molecule has 2 N–H and O–H groups in total. The predicted molar refractivity (Wildman–Crippen MR) is 69.8 cm³/mol. The summed E-state index contributed by atoms with van der Waals surface area (Å²) < 4.78 is 21.4.